The maximum Gasteiger partial charge on any atom is 0.416 e. The van der Waals surface area contributed by atoms with E-state index in [9.17, 15) is 32.3 Å². The number of nitrogens with zero attached hydrogens (tertiary/aromatic N) is 1. The first kappa shape index (κ1) is 18.6. The second-order valence-electron chi connectivity index (χ2n) is 5.97. The molecule has 0 unspecified atom stereocenters. The molecule has 0 bridgehead atoms. The lowest BCUT2D eigenvalue weighted by Crippen LogP contribution is -2.31. The standard InChI is InChI=1S/C19H13F4NO3/c1-10(25)15-16(13-7-2-3-8-14(13)20)24(18(27)17(15)26)12-6-4-5-11(9-12)19(21,22)23/h2-9,16,26H,1H3/t16-/m0/s1. The summed E-state index contributed by atoms with van der Waals surface area (Å²) >= 11 is 0. The van der Waals surface area contributed by atoms with Crippen LogP contribution in [-0.4, -0.2) is 16.8 Å². The summed E-state index contributed by atoms with van der Waals surface area (Å²) in [7, 11) is 0. The molecule has 0 radical (unpaired) electrons. The third kappa shape index (κ3) is 3.18. The Balaban J connectivity index is 2.21. The topological polar surface area (TPSA) is 57.6 Å². The number of rotatable bonds is 3. The minimum Gasteiger partial charge on any atom is -0.503 e. The lowest BCUT2D eigenvalue weighted by atomic mass is 9.96. The first-order chi connectivity index (χ1) is 12.6. The highest BCUT2D eigenvalue weighted by Crippen LogP contribution is 2.42. The zero-order valence-corrected chi connectivity index (χ0v) is 13.9. The van der Waals surface area contributed by atoms with Gasteiger partial charge in [-0.15, -0.1) is 0 Å². The molecule has 0 aromatic heterocycles. The Morgan fingerprint density at radius 3 is 2.37 bits per heavy atom. The highest BCUT2D eigenvalue weighted by molar-refractivity contribution is 6.16. The molecule has 1 amide bonds. The molecule has 27 heavy (non-hydrogen) atoms. The van der Waals surface area contributed by atoms with Gasteiger partial charge in [0.05, 0.1) is 17.2 Å². The van der Waals surface area contributed by atoms with Gasteiger partial charge in [0.1, 0.15) is 5.82 Å². The Labute approximate surface area is 151 Å². The summed E-state index contributed by atoms with van der Waals surface area (Å²) < 4.78 is 53.5. The smallest absolute Gasteiger partial charge is 0.416 e. The predicted molar refractivity (Wildman–Crippen MR) is 88.4 cm³/mol. The summed E-state index contributed by atoms with van der Waals surface area (Å²) in [6, 6.07) is 7.71. The number of Topliss-reactive ketones (excluding diaryl/α,β-unsaturated/α-hetero) is 1. The van der Waals surface area contributed by atoms with Crippen LogP contribution in [0.3, 0.4) is 0 Å². The van der Waals surface area contributed by atoms with Gasteiger partial charge in [-0.3, -0.25) is 14.5 Å². The molecular weight excluding hydrogens is 366 g/mol. The van der Waals surface area contributed by atoms with Gasteiger partial charge in [-0.05, 0) is 31.2 Å². The fourth-order valence-corrected chi connectivity index (χ4v) is 3.05. The van der Waals surface area contributed by atoms with Crippen molar-refractivity contribution in [3.8, 4) is 0 Å². The molecular formula is C19H13F4NO3. The molecule has 1 aliphatic heterocycles. The van der Waals surface area contributed by atoms with Crippen LogP contribution in [0.2, 0.25) is 0 Å². The van der Waals surface area contributed by atoms with Gasteiger partial charge < -0.3 is 5.11 Å². The van der Waals surface area contributed by atoms with E-state index in [1.165, 1.54) is 24.3 Å². The van der Waals surface area contributed by atoms with Gasteiger partial charge in [0.2, 0.25) is 0 Å². The van der Waals surface area contributed by atoms with Crippen molar-refractivity contribution >= 4 is 17.4 Å². The number of anilines is 1. The third-order valence-corrected chi connectivity index (χ3v) is 4.24. The summed E-state index contributed by atoms with van der Waals surface area (Å²) in [4.78, 5) is 25.3. The van der Waals surface area contributed by atoms with Crippen LogP contribution in [0.15, 0.2) is 59.9 Å². The zero-order valence-electron chi connectivity index (χ0n) is 13.9. The molecule has 0 fully saturated rings. The van der Waals surface area contributed by atoms with Crippen LogP contribution in [0.25, 0.3) is 0 Å². The molecule has 0 saturated heterocycles. The highest BCUT2D eigenvalue weighted by Gasteiger charge is 2.44. The molecule has 0 aliphatic carbocycles. The maximum absolute atomic E-state index is 14.4. The molecule has 2 aromatic carbocycles. The largest absolute Gasteiger partial charge is 0.503 e. The van der Waals surface area contributed by atoms with E-state index in [1.807, 2.05) is 0 Å². The Morgan fingerprint density at radius 1 is 1.11 bits per heavy atom. The Bertz CT molecular complexity index is 965. The lowest BCUT2D eigenvalue weighted by Gasteiger charge is -2.27. The quantitative estimate of drug-likeness (QED) is 0.808. The van der Waals surface area contributed by atoms with Gasteiger partial charge in [0.15, 0.2) is 11.5 Å². The molecule has 2 aromatic rings. The van der Waals surface area contributed by atoms with Crippen LogP contribution in [0.1, 0.15) is 24.1 Å². The highest BCUT2D eigenvalue weighted by atomic mass is 19.4. The number of aliphatic hydroxyl groups is 1. The van der Waals surface area contributed by atoms with E-state index in [2.05, 4.69) is 0 Å². The van der Waals surface area contributed by atoms with Crippen molar-refractivity contribution in [1.29, 1.82) is 0 Å². The van der Waals surface area contributed by atoms with E-state index in [0.29, 0.717) is 6.07 Å². The molecule has 0 saturated carbocycles. The minimum absolute atomic E-state index is 0.113. The molecule has 1 aliphatic rings. The van der Waals surface area contributed by atoms with Crippen LogP contribution in [0.5, 0.6) is 0 Å². The number of amides is 1. The van der Waals surface area contributed by atoms with Crippen molar-refractivity contribution < 1.29 is 32.3 Å². The molecule has 1 heterocycles. The fourth-order valence-electron chi connectivity index (χ4n) is 3.05. The van der Waals surface area contributed by atoms with Crippen LogP contribution in [0, 0.1) is 5.82 Å². The number of benzene rings is 2. The number of hydrogen-bond acceptors (Lipinski definition) is 3. The van der Waals surface area contributed by atoms with Crippen molar-refractivity contribution in [2.24, 2.45) is 0 Å². The molecule has 8 heteroatoms. The second kappa shape index (κ2) is 6.53. The van der Waals surface area contributed by atoms with Crippen LogP contribution < -0.4 is 4.90 Å². The average molecular weight is 379 g/mol. The second-order valence-corrected chi connectivity index (χ2v) is 5.97. The predicted octanol–water partition coefficient (Wildman–Crippen LogP) is 4.33. The normalized spacial score (nSPS) is 17.6. The number of halogens is 4. The van der Waals surface area contributed by atoms with E-state index in [1.54, 1.807) is 0 Å². The summed E-state index contributed by atoms with van der Waals surface area (Å²) in [5.41, 5.74) is -1.72. The van der Waals surface area contributed by atoms with Crippen molar-refractivity contribution in [2.75, 3.05) is 4.90 Å². The first-order valence-electron chi connectivity index (χ1n) is 7.82. The Hall–Kier alpha value is -3.16. The summed E-state index contributed by atoms with van der Waals surface area (Å²) in [6.07, 6.45) is -4.66. The van der Waals surface area contributed by atoms with Crippen LogP contribution >= 0.6 is 0 Å². The van der Waals surface area contributed by atoms with Gasteiger partial charge >= 0.3 is 6.18 Å². The lowest BCUT2D eigenvalue weighted by molar-refractivity contribution is -0.137. The van der Waals surface area contributed by atoms with E-state index in [0.717, 1.165) is 30.0 Å². The summed E-state index contributed by atoms with van der Waals surface area (Å²) in [5.74, 6) is -3.44. The van der Waals surface area contributed by atoms with Crippen LogP contribution in [0.4, 0.5) is 23.2 Å². The molecule has 1 N–H and O–H groups in total. The third-order valence-electron chi connectivity index (χ3n) is 4.24. The average Bonchev–Trinajstić information content (AvgIpc) is 2.86. The Kier molecular flexibility index (Phi) is 4.51. The fraction of sp³-hybridized carbons (Fsp3) is 0.158. The number of carbonyl (C=O) groups excluding carboxylic acids is 2. The first-order valence-corrected chi connectivity index (χ1v) is 7.82. The van der Waals surface area contributed by atoms with Crippen molar-refractivity contribution in [1.82, 2.24) is 0 Å². The van der Waals surface area contributed by atoms with Gasteiger partial charge in [-0.2, -0.15) is 13.2 Å². The molecule has 140 valence electrons. The molecule has 4 nitrogen and oxygen atoms in total. The number of aliphatic hydroxyl groups excluding tert-OH is 1. The van der Waals surface area contributed by atoms with Crippen molar-refractivity contribution in [2.45, 2.75) is 19.1 Å². The number of hydrogen-bond donors (Lipinski definition) is 1. The van der Waals surface area contributed by atoms with Gasteiger partial charge in [-0.25, -0.2) is 4.39 Å². The number of carbonyl (C=O) groups is 2. The summed E-state index contributed by atoms with van der Waals surface area (Å²) in [6.45, 7) is 1.09. The van der Waals surface area contributed by atoms with Crippen molar-refractivity contribution in [3.05, 3.63) is 76.8 Å². The van der Waals surface area contributed by atoms with E-state index < -0.39 is 41.0 Å². The minimum atomic E-state index is -4.66. The maximum atomic E-state index is 14.4. The van der Waals surface area contributed by atoms with E-state index in [4.69, 9.17) is 0 Å². The summed E-state index contributed by atoms with van der Waals surface area (Å²) in [5, 5.41) is 10.1. The van der Waals surface area contributed by atoms with Gasteiger partial charge in [-0.1, -0.05) is 24.3 Å². The van der Waals surface area contributed by atoms with Crippen molar-refractivity contribution in [3.63, 3.8) is 0 Å². The number of alkyl halides is 3. The Morgan fingerprint density at radius 2 is 1.78 bits per heavy atom. The van der Waals surface area contributed by atoms with Crippen LogP contribution in [-0.2, 0) is 15.8 Å². The monoisotopic (exact) mass is 379 g/mol. The molecule has 0 spiro atoms. The molecule has 3 rings (SSSR count). The van der Waals surface area contributed by atoms with Gasteiger partial charge in [0, 0.05) is 11.3 Å². The SMILES string of the molecule is CC(=O)C1=C(O)C(=O)N(c2cccc(C(F)(F)F)c2)[C@H]1c1ccccc1F. The van der Waals surface area contributed by atoms with E-state index >= 15 is 0 Å². The van der Waals surface area contributed by atoms with Gasteiger partial charge in [0.25, 0.3) is 5.91 Å². The van der Waals surface area contributed by atoms with E-state index in [-0.39, 0.29) is 16.8 Å². The number of ketones is 1. The molecule has 1 atom stereocenters. The zero-order chi connectivity index (χ0) is 19.9.